The van der Waals surface area contributed by atoms with Gasteiger partial charge in [0, 0.05) is 16.1 Å². The molecule has 1 aromatic heterocycles. The molecule has 3 aromatic rings. The Bertz CT molecular complexity index is 1130. The van der Waals surface area contributed by atoms with Gasteiger partial charge < -0.3 is 4.74 Å². The number of ketones is 1. The first-order valence-electron chi connectivity index (χ1n) is 8.31. The number of nitrogens with one attached hydrogen (secondary N) is 1. The van der Waals surface area contributed by atoms with E-state index in [1.165, 1.54) is 24.3 Å². The molecule has 0 bridgehead atoms. The molecule has 0 saturated carbocycles. The van der Waals surface area contributed by atoms with Crippen LogP contribution >= 0.6 is 22.9 Å². The second-order valence-corrected chi connectivity index (χ2v) is 7.21. The molecule has 11 heteroatoms. The van der Waals surface area contributed by atoms with Gasteiger partial charge in [0.05, 0.1) is 10.5 Å². The molecule has 1 amide bonds. The first-order valence-corrected chi connectivity index (χ1v) is 9.51. The first-order chi connectivity index (χ1) is 14.3. The van der Waals surface area contributed by atoms with Gasteiger partial charge in [0.2, 0.25) is 0 Å². The van der Waals surface area contributed by atoms with E-state index in [9.17, 15) is 24.5 Å². The van der Waals surface area contributed by atoms with Gasteiger partial charge in [-0.25, -0.2) is 9.78 Å². The molecular formula is C19H12ClN3O6S. The summed E-state index contributed by atoms with van der Waals surface area (Å²) >= 11 is 6.50. The van der Waals surface area contributed by atoms with Crippen molar-refractivity contribution in [2.45, 2.75) is 0 Å². The maximum Gasteiger partial charge on any atom is 0.345 e. The Hall–Kier alpha value is -3.63. The molecule has 0 aliphatic rings. The highest BCUT2D eigenvalue weighted by atomic mass is 35.5. The Morgan fingerprint density at radius 3 is 2.40 bits per heavy atom. The summed E-state index contributed by atoms with van der Waals surface area (Å²) in [7, 11) is 0. The number of benzene rings is 2. The zero-order valence-electron chi connectivity index (χ0n) is 15.0. The summed E-state index contributed by atoms with van der Waals surface area (Å²) in [6.45, 7) is -0.657. The minimum Gasteiger partial charge on any atom is -0.452 e. The molecule has 0 radical (unpaired) electrons. The number of thiazole rings is 1. The van der Waals surface area contributed by atoms with Crippen LogP contribution in [0.15, 0.2) is 54.7 Å². The van der Waals surface area contributed by atoms with Crippen molar-refractivity contribution >= 4 is 50.7 Å². The summed E-state index contributed by atoms with van der Waals surface area (Å²) in [5.41, 5.74) is 0.443. The second kappa shape index (κ2) is 9.25. The fraction of sp³-hybridized carbons (Fsp3) is 0.0526. The van der Waals surface area contributed by atoms with Crippen LogP contribution in [0, 0.1) is 10.1 Å². The van der Waals surface area contributed by atoms with E-state index in [1.54, 1.807) is 24.3 Å². The normalized spacial score (nSPS) is 10.3. The number of hydrogen-bond donors (Lipinski definition) is 1. The van der Waals surface area contributed by atoms with Crippen LogP contribution in [0.25, 0.3) is 0 Å². The van der Waals surface area contributed by atoms with E-state index >= 15 is 0 Å². The van der Waals surface area contributed by atoms with E-state index in [2.05, 4.69) is 10.3 Å². The van der Waals surface area contributed by atoms with Crippen LogP contribution in [0.2, 0.25) is 5.02 Å². The van der Waals surface area contributed by atoms with Gasteiger partial charge in [-0.1, -0.05) is 29.8 Å². The Kier molecular flexibility index (Phi) is 6.50. The Balaban J connectivity index is 1.66. The van der Waals surface area contributed by atoms with Crippen molar-refractivity contribution in [2.75, 3.05) is 11.9 Å². The lowest BCUT2D eigenvalue weighted by molar-refractivity contribution is -0.380. The van der Waals surface area contributed by atoms with Gasteiger partial charge in [0.15, 0.2) is 17.5 Å². The number of esters is 1. The number of anilines is 1. The van der Waals surface area contributed by atoms with Crippen molar-refractivity contribution in [3.8, 4) is 0 Å². The average molecular weight is 446 g/mol. The lowest BCUT2D eigenvalue weighted by atomic mass is 9.98. The third-order valence-corrected chi connectivity index (χ3v) is 4.87. The summed E-state index contributed by atoms with van der Waals surface area (Å²) < 4.78 is 4.98. The molecule has 30 heavy (non-hydrogen) atoms. The average Bonchev–Trinajstić information content (AvgIpc) is 3.21. The number of hydrogen-bond acceptors (Lipinski definition) is 8. The molecular weight excluding hydrogens is 434 g/mol. The van der Waals surface area contributed by atoms with Crippen LogP contribution in [-0.2, 0) is 9.53 Å². The van der Waals surface area contributed by atoms with Crippen molar-refractivity contribution in [2.24, 2.45) is 0 Å². The Morgan fingerprint density at radius 1 is 1.10 bits per heavy atom. The van der Waals surface area contributed by atoms with Crippen LogP contribution in [-0.4, -0.2) is 34.2 Å². The van der Waals surface area contributed by atoms with Gasteiger partial charge in [-0.3, -0.25) is 25.0 Å². The van der Waals surface area contributed by atoms with E-state index in [-0.39, 0.29) is 21.3 Å². The van der Waals surface area contributed by atoms with Gasteiger partial charge in [0.1, 0.15) is 6.20 Å². The van der Waals surface area contributed by atoms with Crippen LogP contribution < -0.4 is 5.32 Å². The van der Waals surface area contributed by atoms with Crippen molar-refractivity contribution in [1.29, 1.82) is 0 Å². The second-order valence-electron chi connectivity index (χ2n) is 5.77. The molecule has 0 atom stereocenters. The summed E-state index contributed by atoms with van der Waals surface area (Å²) in [6, 6.07) is 12.2. The van der Waals surface area contributed by atoms with Crippen molar-refractivity contribution in [1.82, 2.24) is 4.98 Å². The third-order valence-electron chi connectivity index (χ3n) is 3.75. The Labute approximate surface area is 178 Å². The zero-order valence-corrected chi connectivity index (χ0v) is 16.6. The maximum absolute atomic E-state index is 12.7. The van der Waals surface area contributed by atoms with Crippen molar-refractivity contribution < 1.29 is 24.0 Å². The molecule has 2 aromatic carbocycles. The molecule has 1 heterocycles. The fourth-order valence-electron chi connectivity index (χ4n) is 2.39. The van der Waals surface area contributed by atoms with Crippen LogP contribution in [0.4, 0.5) is 10.1 Å². The number of amides is 1. The molecule has 9 nitrogen and oxygen atoms in total. The lowest BCUT2D eigenvalue weighted by Crippen LogP contribution is -2.22. The number of ether oxygens (including phenoxy) is 1. The van der Waals surface area contributed by atoms with Gasteiger partial charge in [-0.15, -0.1) is 0 Å². The van der Waals surface area contributed by atoms with E-state index in [4.69, 9.17) is 16.3 Å². The monoisotopic (exact) mass is 445 g/mol. The molecule has 1 N–H and O–H groups in total. The molecule has 0 aliphatic carbocycles. The predicted octanol–water partition coefficient (Wildman–Crippen LogP) is 3.73. The smallest absolute Gasteiger partial charge is 0.345 e. The van der Waals surface area contributed by atoms with E-state index in [1.807, 2.05) is 0 Å². The highest BCUT2D eigenvalue weighted by Crippen LogP contribution is 2.24. The maximum atomic E-state index is 12.7. The van der Waals surface area contributed by atoms with Gasteiger partial charge in [0.25, 0.3) is 5.91 Å². The van der Waals surface area contributed by atoms with Crippen LogP contribution in [0.3, 0.4) is 0 Å². The summed E-state index contributed by atoms with van der Waals surface area (Å²) in [4.78, 5) is 50.8. The number of aromatic nitrogens is 1. The number of halogens is 1. The van der Waals surface area contributed by atoms with E-state index < -0.39 is 29.2 Å². The standard InChI is InChI=1S/C19H12ClN3O6S/c20-12-7-5-11(6-8-12)17(25)13-3-1-2-4-14(13)18(26)29-10-15(24)22-19-21-9-16(30-19)23(27)28/h1-9H,10H2,(H,21,22,24). The summed E-state index contributed by atoms with van der Waals surface area (Å²) in [5, 5.41) is 13.2. The van der Waals surface area contributed by atoms with Gasteiger partial charge in [-0.05, 0) is 41.7 Å². The zero-order chi connectivity index (χ0) is 21.7. The van der Waals surface area contributed by atoms with Crippen molar-refractivity contribution in [3.05, 3.63) is 86.6 Å². The van der Waals surface area contributed by atoms with Crippen LogP contribution in [0.5, 0.6) is 0 Å². The number of nitrogens with zero attached hydrogens (tertiary/aromatic N) is 2. The quantitative estimate of drug-likeness (QED) is 0.254. The Morgan fingerprint density at radius 2 is 1.77 bits per heavy atom. The molecule has 0 spiro atoms. The largest absolute Gasteiger partial charge is 0.452 e. The van der Waals surface area contributed by atoms with Crippen LogP contribution in [0.1, 0.15) is 26.3 Å². The van der Waals surface area contributed by atoms with Crippen molar-refractivity contribution in [3.63, 3.8) is 0 Å². The molecule has 0 aliphatic heterocycles. The number of carbonyl (C=O) groups excluding carboxylic acids is 3. The highest BCUT2D eigenvalue weighted by molar-refractivity contribution is 7.18. The summed E-state index contributed by atoms with van der Waals surface area (Å²) in [6.07, 6.45) is 1.00. The van der Waals surface area contributed by atoms with E-state index in [0.29, 0.717) is 21.9 Å². The predicted molar refractivity (Wildman–Crippen MR) is 109 cm³/mol. The molecule has 0 fully saturated rings. The minimum absolute atomic E-state index is 0.000986. The van der Waals surface area contributed by atoms with Gasteiger partial charge >= 0.3 is 11.0 Å². The first kappa shape index (κ1) is 21.1. The molecule has 0 unspecified atom stereocenters. The topological polar surface area (TPSA) is 128 Å². The highest BCUT2D eigenvalue weighted by Gasteiger charge is 2.20. The number of rotatable bonds is 7. The molecule has 152 valence electrons. The fourth-order valence-corrected chi connectivity index (χ4v) is 3.16. The van der Waals surface area contributed by atoms with E-state index in [0.717, 1.165) is 6.20 Å². The lowest BCUT2D eigenvalue weighted by Gasteiger charge is -2.09. The molecule has 3 rings (SSSR count). The number of nitro groups is 1. The summed E-state index contributed by atoms with van der Waals surface area (Å²) in [5.74, 6) is -2.00. The van der Waals surface area contributed by atoms with Gasteiger partial charge in [-0.2, -0.15) is 0 Å². The third kappa shape index (κ3) is 5.04. The SMILES string of the molecule is O=C(COC(=O)c1ccccc1C(=O)c1ccc(Cl)cc1)Nc1ncc([N+](=O)[O-])s1. The molecule has 0 saturated heterocycles. The minimum atomic E-state index is -0.867. The number of carbonyl (C=O) groups is 3.